The Morgan fingerprint density at radius 2 is 2.00 bits per heavy atom. The van der Waals surface area contributed by atoms with E-state index in [-0.39, 0.29) is 18.6 Å². The maximum absolute atomic E-state index is 11.9. The predicted octanol–water partition coefficient (Wildman–Crippen LogP) is 2.05. The summed E-state index contributed by atoms with van der Waals surface area (Å²) in [4.78, 5) is 11.9. The summed E-state index contributed by atoms with van der Waals surface area (Å²) >= 11 is 0. The van der Waals surface area contributed by atoms with Gasteiger partial charge in [0.15, 0.2) is 11.5 Å². The highest BCUT2D eigenvalue weighted by Gasteiger charge is 2.15. The monoisotopic (exact) mass is 335 g/mol. The second-order valence-corrected chi connectivity index (χ2v) is 6.11. The van der Waals surface area contributed by atoms with Gasteiger partial charge in [-0.2, -0.15) is 0 Å². The van der Waals surface area contributed by atoms with Crippen LogP contribution in [-0.4, -0.2) is 45.0 Å². The Labute approximate surface area is 142 Å². The Balaban J connectivity index is 1.38. The Hall–Kier alpha value is -1.79. The molecule has 1 aromatic rings. The van der Waals surface area contributed by atoms with Crippen molar-refractivity contribution in [2.75, 3.05) is 33.0 Å². The van der Waals surface area contributed by atoms with Crippen LogP contribution in [0.5, 0.6) is 11.5 Å². The first kappa shape index (κ1) is 17.0. The van der Waals surface area contributed by atoms with Crippen molar-refractivity contribution in [3.05, 3.63) is 23.8 Å². The first-order chi connectivity index (χ1) is 11.8. The molecular formula is C18H25NO5. The molecule has 2 heterocycles. The van der Waals surface area contributed by atoms with Gasteiger partial charge >= 0.3 is 0 Å². The molecule has 2 aliphatic rings. The number of carbonyl (C=O) groups excluding carboxylic acids is 1. The van der Waals surface area contributed by atoms with Crippen LogP contribution < -0.4 is 14.8 Å². The van der Waals surface area contributed by atoms with E-state index >= 15 is 0 Å². The zero-order chi connectivity index (χ0) is 16.6. The standard InChI is InChI=1S/C18H25NO5/c20-18(13-21-12-15-4-1-2-7-22-15)19-11-14-5-6-16-17(10-14)24-9-3-8-23-16/h5-6,10,15H,1-4,7-9,11-13H2,(H,19,20). The van der Waals surface area contributed by atoms with Crippen molar-refractivity contribution in [1.29, 1.82) is 0 Å². The Bertz CT molecular complexity index is 542. The number of rotatable bonds is 6. The van der Waals surface area contributed by atoms with Gasteiger partial charge in [0.2, 0.25) is 5.91 Å². The molecule has 1 N–H and O–H groups in total. The molecule has 0 aromatic heterocycles. The molecule has 1 amide bonds. The number of hydrogen-bond donors (Lipinski definition) is 1. The smallest absolute Gasteiger partial charge is 0.246 e. The number of amides is 1. The molecule has 1 unspecified atom stereocenters. The maximum Gasteiger partial charge on any atom is 0.246 e. The van der Waals surface area contributed by atoms with Crippen LogP contribution in [0, 0.1) is 0 Å². The molecule has 132 valence electrons. The summed E-state index contributed by atoms with van der Waals surface area (Å²) in [5, 5.41) is 2.86. The highest BCUT2D eigenvalue weighted by Crippen LogP contribution is 2.30. The van der Waals surface area contributed by atoms with Gasteiger partial charge in [-0.1, -0.05) is 6.07 Å². The van der Waals surface area contributed by atoms with Gasteiger partial charge in [0.25, 0.3) is 0 Å². The van der Waals surface area contributed by atoms with E-state index in [1.807, 2.05) is 18.2 Å². The van der Waals surface area contributed by atoms with E-state index in [1.165, 1.54) is 6.42 Å². The first-order valence-electron chi connectivity index (χ1n) is 8.66. The topological polar surface area (TPSA) is 66.0 Å². The van der Waals surface area contributed by atoms with Gasteiger partial charge in [-0.05, 0) is 37.0 Å². The lowest BCUT2D eigenvalue weighted by molar-refractivity contribution is -0.128. The normalized spacial score (nSPS) is 20.2. The highest BCUT2D eigenvalue weighted by molar-refractivity contribution is 5.77. The van der Waals surface area contributed by atoms with Crippen molar-refractivity contribution in [2.24, 2.45) is 0 Å². The summed E-state index contributed by atoms with van der Waals surface area (Å²) in [6.07, 6.45) is 4.31. The Morgan fingerprint density at radius 1 is 1.12 bits per heavy atom. The number of carbonyl (C=O) groups is 1. The molecule has 2 aliphatic heterocycles. The second kappa shape index (κ2) is 8.89. The van der Waals surface area contributed by atoms with E-state index < -0.39 is 0 Å². The van der Waals surface area contributed by atoms with Crippen LogP contribution in [0.25, 0.3) is 0 Å². The van der Waals surface area contributed by atoms with Crippen molar-refractivity contribution >= 4 is 5.91 Å². The van der Waals surface area contributed by atoms with Crippen molar-refractivity contribution in [1.82, 2.24) is 5.32 Å². The first-order valence-corrected chi connectivity index (χ1v) is 8.66. The van der Waals surface area contributed by atoms with Gasteiger partial charge in [0.1, 0.15) is 6.61 Å². The molecule has 6 heteroatoms. The van der Waals surface area contributed by atoms with Crippen LogP contribution in [-0.2, 0) is 20.8 Å². The fourth-order valence-electron chi connectivity index (χ4n) is 2.79. The maximum atomic E-state index is 11.9. The molecule has 6 nitrogen and oxygen atoms in total. The van der Waals surface area contributed by atoms with Gasteiger partial charge < -0.3 is 24.3 Å². The van der Waals surface area contributed by atoms with E-state index in [4.69, 9.17) is 18.9 Å². The van der Waals surface area contributed by atoms with Crippen LogP contribution in [0.4, 0.5) is 0 Å². The fraction of sp³-hybridized carbons (Fsp3) is 0.611. The third-order valence-corrected chi connectivity index (χ3v) is 4.11. The minimum atomic E-state index is -0.127. The lowest BCUT2D eigenvalue weighted by Crippen LogP contribution is -2.30. The van der Waals surface area contributed by atoms with Crippen LogP contribution >= 0.6 is 0 Å². The minimum absolute atomic E-state index is 0.0599. The average Bonchev–Trinajstić information content (AvgIpc) is 2.86. The van der Waals surface area contributed by atoms with Crippen molar-refractivity contribution in [3.8, 4) is 11.5 Å². The predicted molar refractivity (Wildman–Crippen MR) is 88.3 cm³/mol. The molecule has 1 atom stereocenters. The lowest BCUT2D eigenvalue weighted by atomic mass is 10.1. The van der Waals surface area contributed by atoms with Gasteiger partial charge in [0, 0.05) is 19.6 Å². The van der Waals surface area contributed by atoms with E-state index in [0.717, 1.165) is 42.9 Å². The quantitative estimate of drug-likeness (QED) is 0.862. The van der Waals surface area contributed by atoms with Crippen LogP contribution in [0.3, 0.4) is 0 Å². The Kier molecular flexibility index (Phi) is 6.32. The molecule has 24 heavy (non-hydrogen) atoms. The summed E-state index contributed by atoms with van der Waals surface area (Å²) in [5.41, 5.74) is 0.975. The molecule has 0 aliphatic carbocycles. The van der Waals surface area contributed by atoms with Crippen LogP contribution in [0.15, 0.2) is 18.2 Å². The van der Waals surface area contributed by atoms with Crippen LogP contribution in [0.2, 0.25) is 0 Å². The van der Waals surface area contributed by atoms with Crippen LogP contribution in [0.1, 0.15) is 31.2 Å². The SMILES string of the molecule is O=C(COCC1CCCCO1)NCc1ccc2c(c1)OCCCO2. The second-order valence-electron chi connectivity index (χ2n) is 6.11. The summed E-state index contributed by atoms with van der Waals surface area (Å²) in [7, 11) is 0. The summed E-state index contributed by atoms with van der Waals surface area (Å²) in [6, 6.07) is 5.74. The van der Waals surface area contributed by atoms with Gasteiger partial charge in [-0.3, -0.25) is 4.79 Å². The zero-order valence-electron chi connectivity index (χ0n) is 13.9. The number of nitrogens with one attached hydrogen (secondary N) is 1. The summed E-state index contributed by atoms with van der Waals surface area (Å²) < 4.78 is 22.3. The van der Waals surface area contributed by atoms with Gasteiger partial charge in [0.05, 0.1) is 25.9 Å². The molecular weight excluding hydrogens is 310 g/mol. The van der Waals surface area contributed by atoms with E-state index in [9.17, 15) is 4.79 Å². The molecule has 1 aromatic carbocycles. The van der Waals surface area contributed by atoms with Gasteiger partial charge in [-0.25, -0.2) is 0 Å². The summed E-state index contributed by atoms with van der Waals surface area (Å²) in [5.74, 6) is 1.38. The third kappa shape index (κ3) is 5.11. The molecule has 1 fully saturated rings. The fourth-order valence-corrected chi connectivity index (χ4v) is 2.79. The lowest BCUT2D eigenvalue weighted by Gasteiger charge is -2.22. The number of fused-ring (bicyclic) bond motifs is 1. The van der Waals surface area contributed by atoms with E-state index in [2.05, 4.69) is 5.32 Å². The van der Waals surface area contributed by atoms with Gasteiger partial charge in [-0.15, -0.1) is 0 Å². The van der Waals surface area contributed by atoms with Crippen molar-refractivity contribution < 1.29 is 23.7 Å². The summed E-state index contributed by atoms with van der Waals surface area (Å²) in [6.45, 7) is 3.11. The number of hydrogen-bond acceptors (Lipinski definition) is 5. The molecule has 3 rings (SSSR count). The third-order valence-electron chi connectivity index (χ3n) is 4.11. The molecule has 0 bridgehead atoms. The largest absolute Gasteiger partial charge is 0.490 e. The highest BCUT2D eigenvalue weighted by atomic mass is 16.5. The molecule has 0 spiro atoms. The molecule has 1 saturated heterocycles. The Morgan fingerprint density at radius 3 is 2.83 bits per heavy atom. The van der Waals surface area contributed by atoms with Crippen molar-refractivity contribution in [2.45, 2.75) is 38.3 Å². The van der Waals surface area contributed by atoms with Crippen molar-refractivity contribution in [3.63, 3.8) is 0 Å². The van der Waals surface area contributed by atoms with E-state index in [0.29, 0.717) is 26.4 Å². The molecule has 0 saturated carbocycles. The zero-order valence-corrected chi connectivity index (χ0v) is 13.9. The van der Waals surface area contributed by atoms with E-state index in [1.54, 1.807) is 0 Å². The minimum Gasteiger partial charge on any atom is -0.490 e. The number of benzene rings is 1. The number of ether oxygens (including phenoxy) is 4. The average molecular weight is 335 g/mol. The molecule has 0 radical (unpaired) electrons.